The Bertz CT molecular complexity index is 1080. The number of ether oxygens (including phenoxy) is 1. The molecule has 5 rings (SSSR count). The summed E-state index contributed by atoms with van der Waals surface area (Å²) < 4.78 is 5.95. The van der Waals surface area contributed by atoms with E-state index in [2.05, 4.69) is 10.6 Å². The first-order valence-electron chi connectivity index (χ1n) is 10.8. The van der Waals surface area contributed by atoms with Gasteiger partial charge >= 0.3 is 0 Å². The van der Waals surface area contributed by atoms with E-state index >= 15 is 0 Å². The Morgan fingerprint density at radius 1 is 0.844 bits per heavy atom. The van der Waals surface area contributed by atoms with Crippen LogP contribution in [0.1, 0.15) is 23.1 Å². The van der Waals surface area contributed by atoms with E-state index in [1.807, 2.05) is 48.5 Å². The van der Waals surface area contributed by atoms with E-state index in [0.29, 0.717) is 25.8 Å². The number of fused-ring (bicyclic) bond motifs is 10. The molecule has 0 radical (unpaired) electrons. The quantitative estimate of drug-likeness (QED) is 0.581. The predicted octanol–water partition coefficient (Wildman–Crippen LogP) is 3.52. The molecule has 2 aliphatic heterocycles. The highest BCUT2D eigenvalue weighted by Crippen LogP contribution is 2.23. The fraction of sp³-hybridized carbons (Fsp3) is 0.231. The lowest BCUT2D eigenvalue weighted by molar-refractivity contribution is -0.129. The number of aromatic hydroxyl groups is 1. The summed E-state index contributed by atoms with van der Waals surface area (Å²) in [5.74, 6) is 1.23. The van der Waals surface area contributed by atoms with Gasteiger partial charge in [0.05, 0.1) is 0 Å². The molecule has 0 saturated carbocycles. The molecule has 6 nitrogen and oxygen atoms in total. The average molecular weight is 431 g/mol. The van der Waals surface area contributed by atoms with Crippen molar-refractivity contribution in [3.63, 3.8) is 0 Å². The van der Waals surface area contributed by atoms with Crippen molar-refractivity contribution in [3.05, 3.63) is 89.5 Å². The minimum atomic E-state index is -0.695. The standard InChI is InChI=1S/C26H26N2O4/c29-21-9-4-20(5-10-21)17-24-26(31)27-15-14-19-2-1-3-23(16-19)32-22-11-6-18(7-12-22)8-13-25(30)28-24/h1-7,9-12,16,24,29H,8,13-15,17H2,(H,27,31)(H,28,30)/t24-/m0/s1. The number of phenols is 1. The van der Waals surface area contributed by atoms with Crippen molar-refractivity contribution in [1.29, 1.82) is 0 Å². The largest absolute Gasteiger partial charge is 0.508 e. The van der Waals surface area contributed by atoms with Gasteiger partial charge in [-0.1, -0.05) is 36.4 Å². The minimum absolute atomic E-state index is 0.161. The molecule has 2 aliphatic rings. The molecule has 2 amide bonds. The zero-order chi connectivity index (χ0) is 22.3. The highest BCUT2D eigenvalue weighted by atomic mass is 16.5. The van der Waals surface area contributed by atoms with E-state index in [1.54, 1.807) is 24.3 Å². The summed E-state index contributed by atoms with van der Waals surface area (Å²) in [5.41, 5.74) is 2.92. The van der Waals surface area contributed by atoms with Gasteiger partial charge in [-0.3, -0.25) is 9.59 Å². The summed E-state index contributed by atoms with van der Waals surface area (Å²) >= 11 is 0. The van der Waals surface area contributed by atoms with Crippen LogP contribution in [0.15, 0.2) is 72.8 Å². The topological polar surface area (TPSA) is 87.7 Å². The lowest BCUT2D eigenvalue weighted by Gasteiger charge is -2.19. The van der Waals surface area contributed by atoms with Crippen LogP contribution >= 0.6 is 0 Å². The normalized spacial score (nSPS) is 17.1. The average Bonchev–Trinajstić information content (AvgIpc) is 2.79. The second kappa shape index (κ2) is 10.0. The van der Waals surface area contributed by atoms with Crippen molar-refractivity contribution in [2.75, 3.05) is 6.54 Å². The van der Waals surface area contributed by atoms with E-state index in [4.69, 9.17) is 4.74 Å². The first-order valence-corrected chi connectivity index (χ1v) is 10.8. The van der Waals surface area contributed by atoms with E-state index in [1.165, 1.54) is 0 Å². The Kier molecular flexibility index (Phi) is 6.70. The van der Waals surface area contributed by atoms with E-state index in [9.17, 15) is 14.7 Å². The Labute approximate surface area is 187 Å². The van der Waals surface area contributed by atoms with Gasteiger partial charge in [-0.05, 0) is 65.9 Å². The lowest BCUT2D eigenvalue weighted by atomic mass is 10.0. The molecule has 32 heavy (non-hydrogen) atoms. The van der Waals surface area contributed by atoms with Crippen molar-refractivity contribution in [2.45, 2.75) is 31.7 Å². The van der Waals surface area contributed by atoms with Gasteiger partial charge in [0.25, 0.3) is 0 Å². The van der Waals surface area contributed by atoms with Gasteiger partial charge in [-0.25, -0.2) is 0 Å². The molecule has 2 heterocycles. The van der Waals surface area contributed by atoms with Gasteiger partial charge in [0.15, 0.2) is 0 Å². The zero-order valence-electron chi connectivity index (χ0n) is 17.7. The number of carbonyl (C=O) groups excluding carboxylic acids is 2. The predicted molar refractivity (Wildman–Crippen MR) is 122 cm³/mol. The smallest absolute Gasteiger partial charge is 0.242 e. The summed E-state index contributed by atoms with van der Waals surface area (Å²) in [6, 6.07) is 21.5. The Morgan fingerprint density at radius 2 is 1.62 bits per heavy atom. The van der Waals surface area contributed by atoms with Gasteiger partial charge < -0.3 is 20.5 Å². The van der Waals surface area contributed by atoms with Crippen molar-refractivity contribution < 1.29 is 19.4 Å². The van der Waals surface area contributed by atoms with Crippen molar-refractivity contribution in [3.8, 4) is 17.2 Å². The summed E-state index contributed by atoms with van der Waals surface area (Å²) in [6.07, 6.45) is 1.83. The van der Waals surface area contributed by atoms with Crippen molar-refractivity contribution in [1.82, 2.24) is 10.6 Å². The SMILES string of the molecule is O=C1CCc2ccc(cc2)Oc2cccc(c2)CCNC(=O)[C@H](Cc2ccc(O)cc2)N1. The third-order valence-electron chi connectivity index (χ3n) is 5.44. The maximum atomic E-state index is 12.9. The van der Waals surface area contributed by atoms with Crippen LogP contribution in [0.4, 0.5) is 0 Å². The molecule has 0 aromatic heterocycles. The van der Waals surface area contributed by atoms with Gasteiger partial charge in [-0.2, -0.15) is 0 Å². The van der Waals surface area contributed by atoms with Crippen LogP contribution in [0.25, 0.3) is 0 Å². The fourth-order valence-corrected chi connectivity index (χ4v) is 3.68. The number of phenolic OH excluding ortho intramolecular Hbond substituents is 1. The van der Waals surface area contributed by atoms with E-state index in [-0.39, 0.29) is 24.0 Å². The molecule has 4 bridgehead atoms. The third-order valence-corrected chi connectivity index (χ3v) is 5.44. The lowest BCUT2D eigenvalue weighted by Crippen LogP contribution is -2.48. The van der Waals surface area contributed by atoms with E-state index in [0.717, 1.165) is 28.2 Å². The Balaban J connectivity index is 1.54. The van der Waals surface area contributed by atoms with Crippen LogP contribution in [0.5, 0.6) is 17.2 Å². The molecule has 3 aromatic rings. The highest BCUT2D eigenvalue weighted by Gasteiger charge is 2.21. The van der Waals surface area contributed by atoms with Crippen LogP contribution in [0.3, 0.4) is 0 Å². The van der Waals surface area contributed by atoms with E-state index < -0.39 is 6.04 Å². The molecule has 0 saturated heterocycles. The first kappa shape index (κ1) is 21.4. The van der Waals surface area contributed by atoms with Crippen LogP contribution in [0, 0.1) is 0 Å². The molecule has 164 valence electrons. The van der Waals surface area contributed by atoms with Gasteiger partial charge in [-0.15, -0.1) is 0 Å². The molecule has 0 fully saturated rings. The maximum Gasteiger partial charge on any atom is 0.242 e. The number of hydrogen-bond acceptors (Lipinski definition) is 4. The van der Waals surface area contributed by atoms with Gasteiger partial charge in [0.2, 0.25) is 11.8 Å². The third kappa shape index (κ3) is 5.88. The second-order valence-electron chi connectivity index (χ2n) is 7.93. The molecular formula is C26H26N2O4. The van der Waals surface area contributed by atoms with Gasteiger partial charge in [0, 0.05) is 19.4 Å². The summed E-state index contributed by atoms with van der Waals surface area (Å²) in [7, 11) is 0. The summed E-state index contributed by atoms with van der Waals surface area (Å²) in [6.45, 7) is 0.443. The highest BCUT2D eigenvalue weighted by molar-refractivity contribution is 5.88. The molecule has 0 spiro atoms. The number of hydrogen-bond donors (Lipinski definition) is 3. The molecule has 0 aliphatic carbocycles. The van der Waals surface area contributed by atoms with Crippen molar-refractivity contribution >= 4 is 11.8 Å². The molecule has 6 heteroatoms. The second-order valence-corrected chi connectivity index (χ2v) is 7.93. The maximum absolute atomic E-state index is 12.9. The monoisotopic (exact) mass is 430 g/mol. The number of rotatable bonds is 2. The molecular weight excluding hydrogens is 404 g/mol. The zero-order valence-corrected chi connectivity index (χ0v) is 17.7. The summed E-state index contributed by atoms with van der Waals surface area (Å²) in [4.78, 5) is 25.5. The van der Waals surface area contributed by atoms with Crippen LogP contribution in [-0.4, -0.2) is 29.5 Å². The number of benzene rings is 3. The Morgan fingerprint density at radius 3 is 2.41 bits per heavy atom. The number of aryl methyl sites for hydroxylation is 1. The first-order chi connectivity index (χ1) is 15.5. The molecule has 3 aromatic carbocycles. The fourth-order valence-electron chi connectivity index (χ4n) is 3.68. The number of nitrogens with one attached hydrogen (secondary N) is 2. The van der Waals surface area contributed by atoms with Crippen LogP contribution < -0.4 is 15.4 Å². The van der Waals surface area contributed by atoms with Crippen LogP contribution in [-0.2, 0) is 28.9 Å². The Hall–Kier alpha value is -3.80. The van der Waals surface area contributed by atoms with Crippen molar-refractivity contribution in [2.24, 2.45) is 0 Å². The minimum Gasteiger partial charge on any atom is -0.508 e. The van der Waals surface area contributed by atoms with Crippen LogP contribution in [0.2, 0.25) is 0 Å². The van der Waals surface area contributed by atoms with Gasteiger partial charge in [0.1, 0.15) is 23.3 Å². The summed E-state index contributed by atoms with van der Waals surface area (Å²) in [5, 5.41) is 15.3. The number of amides is 2. The molecule has 1 atom stereocenters. The molecule has 3 N–H and O–H groups in total. The number of carbonyl (C=O) groups is 2. The molecule has 0 unspecified atom stereocenters.